The lowest BCUT2D eigenvalue weighted by atomic mass is 9.62. The van der Waals surface area contributed by atoms with Gasteiger partial charge < -0.3 is 0 Å². The highest BCUT2D eigenvalue weighted by atomic mass is 32.2. The van der Waals surface area contributed by atoms with Crippen LogP contribution in [0.5, 0.6) is 0 Å². The zero-order valence-corrected chi connectivity index (χ0v) is 19.5. The standard InChI is InChI=1S/C25H31NO3S/c1-16-14-21-22(25(5,6)13-12-24(21,3)4)15-20(16)17(2)18-8-10-19(11-9-18)23(27)26-30(7,28)29/h8-11,14-15H,2,12-13H2,1,3-7H3,(H,26,27). The van der Waals surface area contributed by atoms with Gasteiger partial charge in [-0.05, 0) is 76.1 Å². The van der Waals surface area contributed by atoms with Gasteiger partial charge in [0.1, 0.15) is 0 Å². The maximum absolute atomic E-state index is 12.0. The monoisotopic (exact) mass is 425 g/mol. The molecule has 0 unspecified atom stereocenters. The zero-order valence-electron chi connectivity index (χ0n) is 18.7. The molecule has 0 saturated carbocycles. The zero-order chi connectivity index (χ0) is 22.5. The summed E-state index contributed by atoms with van der Waals surface area (Å²) in [5.74, 6) is -0.636. The molecule has 1 amide bonds. The number of hydrogen-bond donors (Lipinski definition) is 1. The lowest BCUT2D eigenvalue weighted by Crippen LogP contribution is -2.34. The first kappa shape index (κ1) is 22.3. The number of nitrogens with one attached hydrogen (secondary N) is 1. The molecule has 4 nitrogen and oxygen atoms in total. The van der Waals surface area contributed by atoms with Crippen LogP contribution >= 0.6 is 0 Å². The van der Waals surface area contributed by atoms with E-state index in [9.17, 15) is 13.2 Å². The van der Waals surface area contributed by atoms with Gasteiger partial charge in [0.05, 0.1) is 6.26 Å². The van der Waals surface area contributed by atoms with Crippen molar-refractivity contribution in [2.45, 2.75) is 58.3 Å². The average Bonchev–Trinajstić information content (AvgIpc) is 2.63. The molecular formula is C25H31NO3S. The summed E-state index contributed by atoms with van der Waals surface area (Å²) in [6, 6.07) is 11.5. The molecule has 0 atom stereocenters. The van der Waals surface area contributed by atoms with E-state index in [4.69, 9.17) is 0 Å². The smallest absolute Gasteiger partial charge is 0.264 e. The second-order valence-electron chi connectivity index (χ2n) is 9.74. The quantitative estimate of drug-likeness (QED) is 0.742. The van der Waals surface area contributed by atoms with Crippen LogP contribution < -0.4 is 4.72 Å². The Kier molecular flexibility index (Phi) is 5.48. The van der Waals surface area contributed by atoms with Crippen LogP contribution in [0.1, 0.15) is 78.7 Å². The van der Waals surface area contributed by atoms with Gasteiger partial charge in [0.25, 0.3) is 5.91 Å². The van der Waals surface area contributed by atoms with Crippen LogP contribution in [0.25, 0.3) is 5.57 Å². The molecule has 0 fully saturated rings. The highest BCUT2D eigenvalue weighted by Gasteiger charge is 2.37. The summed E-state index contributed by atoms with van der Waals surface area (Å²) < 4.78 is 24.6. The molecule has 0 aromatic heterocycles. The Morgan fingerprint density at radius 3 is 1.90 bits per heavy atom. The van der Waals surface area contributed by atoms with Gasteiger partial charge in [0.2, 0.25) is 10.0 Å². The molecule has 1 aliphatic carbocycles. The summed E-state index contributed by atoms with van der Waals surface area (Å²) >= 11 is 0. The van der Waals surface area contributed by atoms with E-state index in [-0.39, 0.29) is 10.8 Å². The van der Waals surface area contributed by atoms with E-state index in [1.807, 2.05) is 16.9 Å². The highest BCUT2D eigenvalue weighted by molar-refractivity contribution is 7.89. The van der Waals surface area contributed by atoms with Crippen molar-refractivity contribution in [3.8, 4) is 0 Å². The largest absolute Gasteiger partial charge is 0.268 e. The van der Waals surface area contributed by atoms with E-state index in [1.54, 1.807) is 12.1 Å². The Morgan fingerprint density at radius 1 is 0.933 bits per heavy atom. The van der Waals surface area contributed by atoms with Gasteiger partial charge in [-0.3, -0.25) is 4.79 Å². The highest BCUT2D eigenvalue weighted by Crippen LogP contribution is 2.47. The van der Waals surface area contributed by atoms with Crippen molar-refractivity contribution < 1.29 is 13.2 Å². The van der Waals surface area contributed by atoms with Crippen molar-refractivity contribution in [3.63, 3.8) is 0 Å². The number of sulfonamides is 1. The van der Waals surface area contributed by atoms with Crippen molar-refractivity contribution in [2.24, 2.45) is 0 Å². The SMILES string of the molecule is C=C(c1ccc(C(=O)NS(C)(=O)=O)cc1)c1cc2c(cc1C)C(C)(C)CCC2(C)C. The van der Waals surface area contributed by atoms with Crippen LogP contribution in [0.3, 0.4) is 0 Å². The second kappa shape index (κ2) is 7.38. The van der Waals surface area contributed by atoms with E-state index in [1.165, 1.54) is 23.1 Å². The van der Waals surface area contributed by atoms with Gasteiger partial charge in [-0.25, -0.2) is 13.1 Å². The van der Waals surface area contributed by atoms with Gasteiger partial charge >= 0.3 is 0 Å². The number of carbonyl (C=O) groups excluding carboxylic acids is 1. The minimum Gasteiger partial charge on any atom is -0.268 e. The molecule has 1 N–H and O–H groups in total. The Morgan fingerprint density at radius 2 is 1.40 bits per heavy atom. The molecular weight excluding hydrogens is 394 g/mol. The predicted molar refractivity (Wildman–Crippen MR) is 123 cm³/mol. The molecule has 1 aliphatic rings. The van der Waals surface area contributed by atoms with Crippen molar-refractivity contribution >= 4 is 21.5 Å². The number of fused-ring (bicyclic) bond motifs is 1. The Hall–Kier alpha value is -2.40. The molecule has 5 heteroatoms. The first-order valence-electron chi connectivity index (χ1n) is 10.2. The summed E-state index contributed by atoms with van der Waals surface area (Å²) in [6.07, 6.45) is 3.28. The molecule has 0 heterocycles. The molecule has 0 spiro atoms. The van der Waals surface area contributed by atoms with E-state index >= 15 is 0 Å². The number of aryl methyl sites for hydroxylation is 1. The average molecular weight is 426 g/mol. The van der Waals surface area contributed by atoms with Crippen molar-refractivity contribution in [3.05, 3.63) is 76.4 Å². The van der Waals surface area contributed by atoms with Gasteiger partial charge in [-0.2, -0.15) is 0 Å². The van der Waals surface area contributed by atoms with E-state index in [0.717, 1.165) is 29.4 Å². The van der Waals surface area contributed by atoms with Crippen LogP contribution in [0.15, 0.2) is 43.0 Å². The Labute approximate surface area is 180 Å². The number of rotatable bonds is 4. The predicted octanol–water partition coefficient (Wildman–Crippen LogP) is 5.09. The lowest BCUT2D eigenvalue weighted by Gasteiger charge is -2.42. The molecule has 0 bridgehead atoms. The first-order valence-corrected chi connectivity index (χ1v) is 12.1. The van der Waals surface area contributed by atoms with Crippen molar-refractivity contribution in [1.82, 2.24) is 4.72 Å². The second-order valence-corrected chi connectivity index (χ2v) is 11.5. The number of carbonyl (C=O) groups is 1. The molecule has 0 aliphatic heterocycles. The van der Waals surface area contributed by atoms with Crippen LogP contribution in [0.4, 0.5) is 0 Å². The molecule has 0 radical (unpaired) electrons. The normalized spacial score (nSPS) is 17.1. The minimum absolute atomic E-state index is 0.112. The Bertz CT molecular complexity index is 1120. The topological polar surface area (TPSA) is 63.2 Å². The van der Waals surface area contributed by atoms with Crippen LogP contribution in [-0.2, 0) is 20.9 Å². The first-order chi connectivity index (χ1) is 13.7. The summed E-state index contributed by atoms with van der Waals surface area (Å²) in [7, 11) is -3.59. The summed E-state index contributed by atoms with van der Waals surface area (Å²) in [6.45, 7) is 15.7. The molecule has 3 rings (SSSR count). The van der Waals surface area contributed by atoms with E-state index in [2.05, 4.69) is 53.3 Å². The summed E-state index contributed by atoms with van der Waals surface area (Å²) in [5, 5.41) is 0. The van der Waals surface area contributed by atoms with Crippen LogP contribution in [0, 0.1) is 6.92 Å². The fraction of sp³-hybridized carbons (Fsp3) is 0.400. The maximum atomic E-state index is 12.0. The van der Waals surface area contributed by atoms with Gasteiger partial charge in [-0.15, -0.1) is 0 Å². The summed E-state index contributed by atoms with van der Waals surface area (Å²) in [5.41, 5.74) is 7.44. The summed E-state index contributed by atoms with van der Waals surface area (Å²) in [4.78, 5) is 12.0. The fourth-order valence-corrected chi connectivity index (χ4v) is 4.71. The van der Waals surface area contributed by atoms with Crippen LogP contribution in [0.2, 0.25) is 0 Å². The minimum atomic E-state index is -3.59. The third kappa shape index (κ3) is 4.36. The van der Waals surface area contributed by atoms with Gasteiger partial charge in [0, 0.05) is 5.56 Å². The van der Waals surface area contributed by atoms with Crippen LogP contribution in [-0.4, -0.2) is 20.6 Å². The maximum Gasteiger partial charge on any atom is 0.264 e. The molecule has 2 aromatic rings. The van der Waals surface area contributed by atoms with Gasteiger partial charge in [-0.1, -0.05) is 58.5 Å². The number of amides is 1. The van der Waals surface area contributed by atoms with Gasteiger partial charge in [0.15, 0.2) is 0 Å². The number of benzene rings is 2. The van der Waals surface area contributed by atoms with Crippen molar-refractivity contribution in [1.29, 1.82) is 0 Å². The molecule has 160 valence electrons. The fourth-order valence-electron chi connectivity index (χ4n) is 4.25. The molecule has 30 heavy (non-hydrogen) atoms. The molecule has 2 aromatic carbocycles. The van der Waals surface area contributed by atoms with Crippen molar-refractivity contribution in [2.75, 3.05) is 6.26 Å². The third-order valence-corrected chi connectivity index (χ3v) is 6.85. The molecule has 0 saturated heterocycles. The Balaban J connectivity index is 1.97. The van der Waals surface area contributed by atoms with E-state index in [0.29, 0.717) is 5.56 Å². The lowest BCUT2D eigenvalue weighted by molar-refractivity contribution is 0.0981. The number of hydrogen-bond acceptors (Lipinski definition) is 3. The third-order valence-electron chi connectivity index (χ3n) is 6.30. The van der Waals surface area contributed by atoms with E-state index < -0.39 is 15.9 Å².